The molecule has 0 bridgehead atoms. The van der Waals surface area contributed by atoms with Gasteiger partial charge in [-0.15, -0.1) is 3.89 Å². The summed E-state index contributed by atoms with van der Waals surface area (Å²) in [5.74, 6) is -0.947. The summed E-state index contributed by atoms with van der Waals surface area (Å²) >= 11 is 0. The summed E-state index contributed by atoms with van der Waals surface area (Å²) < 4.78 is 33.4. The molecule has 0 aromatic heterocycles. The lowest BCUT2D eigenvalue weighted by atomic mass is 10.1. The molecule has 0 spiro atoms. The zero-order valence-corrected chi connectivity index (χ0v) is 10.3. The first-order chi connectivity index (χ1) is 7.42. The molecule has 1 aliphatic rings. The molecule has 0 saturated carbocycles. The van der Waals surface area contributed by atoms with Crippen LogP contribution >= 0.6 is 0 Å². The predicted molar refractivity (Wildman–Crippen MR) is 59.1 cm³/mol. The maximum absolute atomic E-state index is 12.4. The van der Waals surface area contributed by atoms with Crippen molar-refractivity contribution in [1.82, 2.24) is 4.90 Å². The van der Waals surface area contributed by atoms with Gasteiger partial charge in [-0.05, 0) is 6.42 Å². The Morgan fingerprint density at radius 1 is 1.44 bits per heavy atom. The normalized spacial score (nSPS) is 21.8. The molecular weight excluding hydrogens is 233 g/mol. The number of halogens is 1. The van der Waals surface area contributed by atoms with Crippen LogP contribution in [-0.2, 0) is 15.0 Å². The summed E-state index contributed by atoms with van der Waals surface area (Å²) in [6.45, 7) is 3.12. The van der Waals surface area contributed by atoms with E-state index in [4.69, 9.17) is 0 Å². The summed E-state index contributed by atoms with van der Waals surface area (Å²) in [5, 5.41) is 0. The van der Waals surface area contributed by atoms with Crippen LogP contribution in [0.15, 0.2) is 0 Å². The number of hydrogen-bond donors (Lipinski definition) is 0. The third-order valence-electron chi connectivity index (χ3n) is 2.76. The van der Waals surface area contributed by atoms with Gasteiger partial charge in [-0.1, -0.05) is 19.8 Å². The van der Waals surface area contributed by atoms with Crippen molar-refractivity contribution in [3.05, 3.63) is 0 Å². The lowest BCUT2D eigenvalue weighted by Gasteiger charge is -2.15. The Bertz CT molecular complexity index is 342. The van der Waals surface area contributed by atoms with Crippen LogP contribution in [0.1, 0.15) is 32.6 Å². The second kappa shape index (κ2) is 5.61. The second-order valence-electron chi connectivity index (χ2n) is 4.32. The summed E-state index contributed by atoms with van der Waals surface area (Å²) in [7, 11) is -4.46. The van der Waals surface area contributed by atoms with Crippen molar-refractivity contribution >= 4 is 16.1 Å². The Hall–Kier alpha value is -0.650. The van der Waals surface area contributed by atoms with Gasteiger partial charge >= 0.3 is 10.2 Å². The van der Waals surface area contributed by atoms with E-state index in [1.54, 1.807) is 4.90 Å². The van der Waals surface area contributed by atoms with Gasteiger partial charge in [-0.3, -0.25) is 4.79 Å². The van der Waals surface area contributed by atoms with E-state index in [9.17, 15) is 17.1 Å². The maximum Gasteiger partial charge on any atom is 0.302 e. The number of carbonyl (C=O) groups excluding carboxylic acids is 1. The molecule has 6 heteroatoms. The molecule has 0 aliphatic carbocycles. The average molecular weight is 251 g/mol. The van der Waals surface area contributed by atoms with Gasteiger partial charge < -0.3 is 4.90 Å². The Balaban J connectivity index is 2.38. The number of unbranched alkanes of at least 4 members (excludes halogenated alkanes) is 2. The molecule has 1 fully saturated rings. The Labute approximate surface area is 96.0 Å². The molecule has 0 aromatic carbocycles. The molecule has 0 N–H and O–H groups in total. The smallest absolute Gasteiger partial charge is 0.302 e. The molecule has 16 heavy (non-hydrogen) atoms. The second-order valence-corrected chi connectivity index (χ2v) is 5.73. The van der Waals surface area contributed by atoms with Crippen molar-refractivity contribution in [2.45, 2.75) is 32.6 Å². The monoisotopic (exact) mass is 251 g/mol. The molecule has 0 aromatic rings. The number of likely N-dealkylation sites (tertiary alicyclic amines) is 1. The Kier molecular flexibility index (Phi) is 4.70. The van der Waals surface area contributed by atoms with E-state index in [-0.39, 0.29) is 18.2 Å². The highest BCUT2D eigenvalue weighted by atomic mass is 32.3. The molecule has 1 saturated heterocycles. The van der Waals surface area contributed by atoms with Crippen molar-refractivity contribution in [2.24, 2.45) is 5.92 Å². The topological polar surface area (TPSA) is 54.5 Å². The third kappa shape index (κ3) is 4.47. The van der Waals surface area contributed by atoms with Crippen LogP contribution in [0.25, 0.3) is 0 Å². The van der Waals surface area contributed by atoms with Crippen molar-refractivity contribution in [3.63, 3.8) is 0 Å². The Morgan fingerprint density at radius 2 is 2.12 bits per heavy atom. The number of rotatable bonds is 6. The van der Waals surface area contributed by atoms with Crippen LogP contribution < -0.4 is 0 Å². The van der Waals surface area contributed by atoms with Crippen molar-refractivity contribution in [1.29, 1.82) is 0 Å². The summed E-state index contributed by atoms with van der Waals surface area (Å²) in [6.07, 6.45) is 3.22. The van der Waals surface area contributed by atoms with Crippen molar-refractivity contribution in [3.8, 4) is 0 Å². The quantitative estimate of drug-likeness (QED) is 0.528. The first-order valence-corrected chi connectivity index (χ1v) is 7.17. The van der Waals surface area contributed by atoms with Gasteiger partial charge in [-0.25, -0.2) is 0 Å². The lowest BCUT2D eigenvalue weighted by Crippen LogP contribution is -2.27. The number of amides is 1. The van der Waals surface area contributed by atoms with Crippen LogP contribution in [0.3, 0.4) is 0 Å². The largest absolute Gasteiger partial charge is 0.342 e. The fourth-order valence-corrected chi connectivity index (χ4v) is 2.80. The van der Waals surface area contributed by atoms with E-state index in [0.717, 1.165) is 19.3 Å². The van der Waals surface area contributed by atoms with E-state index in [1.165, 1.54) is 0 Å². The molecule has 94 valence electrons. The summed E-state index contributed by atoms with van der Waals surface area (Å²) in [6, 6.07) is 0. The Morgan fingerprint density at radius 3 is 2.69 bits per heavy atom. The van der Waals surface area contributed by atoms with Gasteiger partial charge in [0.15, 0.2) is 0 Å². The molecule has 0 radical (unpaired) electrons. The molecular formula is C10H18FNO3S. The molecule has 1 amide bonds. The molecule has 1 aliphatic heterocycles. The standard InChI is InChI=1S/C10H18FNO3S/c1-2-3-4-5-12-7-9(6-10(12)13)8-16(11,14)15/h9H,2-8H2,1H3. The SMILES string of the molecule is CCCCCN1CC(CS(=O)(=O)F)CC1=O. The van der Waals surface area contributed by atoms with Crippen molar-refractivity contribution < 1.29 is 17.1 Å². The van der Waals surface area contributed by atoms with Crippen LogP contribution in [-0.4, -0.2) is 38.1 Å². The molecule has 1 heterocycles. The zero-order valence-electron chi connectivity index (χ0n) is 9.49. The fraction of sp³-hybridized carbons (Fsp3) is 0.900. The molecule has 1 rings (SSSR count). The minimum absolute atomic E-state index is 0.0512. The minimum Gasteiger partial charge on any atom is -0.342 e. The van der Waals surface area contributed by atoms with Gasteiger partial charge in [0.2, 0.25) is 5.91 Å². The molecule has 1 atom stereocenters. The third-order valence-corrected chi connectivity index (χ3v) is 3.63. The van der Waals surface area contributed by atoms with Crippen LogP contribution in [0.5, 0.6) is 0 Å². The maximum atomic E-state index is 12.4. The van der Waals surface area contributed by atoms with Gasteiger partial charge in [0.25, 0.3) is 0 Å². The van der Waals surface area contributed by atoms with Gasteiger partial charge in [-0.2, -0.15) is 8.42 Å². The number of nitrogens with zero attached hydrogens (tertiary/aromatic N) is 1. The van der Waals surface area contributed by atoms with E-state index < -0.39 is 16.0 Å². The van der Waals surface area contributed by atoms with Gasteiger partial charge in [0.1, 0.15) is 0 Å². The van der Waals surface area contributed by atoms with E-state index in [2.05, 4.69) is 6.92 Å². The average Bonchev–Trinajstić information content (AvgIpc) is 2.44. The van der Waals surface area contributed by atoms with Gasteiger partial charge in [0.05, 0.1) is 5.75 Å². The molecule has 1 unspecified atom stereocenters. The highest BCUT2D eigenvalue weighted by molar-refractivity contribution is 7.86. The highest BCUT2D eigenvalue weighted by Crippen LogP contribution is 2.20. The van der Waals surface area contributed by atoms with E-state index >= 15 is 0 Å². The van der Waals surface area contributed by atoms with Crippen LogP contribution in [0.4, 0.5) is 3.89 Å². The first-order valence-electron chi connectivity index (χ1n) is 5.62. The summed E-state index contributed by atoms with van der Waals surface area (Å²) in [5.41, 5.74) is 0. The number of carbonyl (C=O) groups is 1. The minimum atomic E-state index is -4.46. The van der Waals surface area contributed by atoms with Crippen LogP contribution in [0, 0.1) is 5.92 Å². The van der Waals surface area contributed by atoms with E-state index in [0.29, 0.717) is 13.1 Å². The van der Waals surface area contributed by atoms with Crippen molar-refractivity contribution in [2.75, 3.05) is 18.8 Å². The first kappa shape index (κ1) is 13.4. The lowest BCUT2D eigenvalue weighted by molar-refractivity contribution is -0.127. The van der Waals surface area contributed by atoms with E-state index in [1.807, 2.05) is 0 Å². The van der Waals surface area contributed by atoms with Crippen LogP contribution in [0.2, 0.25) is 0 Å². The highest BCUT2D eigenvalue weighted by Gasteiger charge is 2.32. The molecule has 4 nitrogen and oxygen atoms in total. The fourth-order valence-electron chi connectivity index (χ4n) is 2.02. The number of hydrogen-bond acceptors (Lipinski definition) is 3. The summed E-state index contributed by atoms with van der Waals surface area (Å²) in [4.78, 5) is 13.1. The predicted octanol–water partition coefficient (Wildman–Crippen LogP) is 1.32. The van der Waals surface area contributed by atoms with Gasteiger partial charge in [0, 0.05) is 25.4 Å². The zero-order chi connectivity index (χ0) is 12.2.